The molecule has 1 heteroatoms. The van der Waals surface area contributed by atoms with E-state index in [9.17, 15) is 0 Å². The van der Waals surface area contributed by atoms with Crippen LogP contribution in [0.2, 0.25) is 0 Å². The van der Waals surface area contributed by atoms with E-state index in [2.05, 4.69) is 37.0 Å². The fourth-order valence-corrected chi connectivity index (χ4v) is 1.56. The third-order valence-corrected chi connectivity index (χ3v) is 2.30. The van der Waals surface area contributed by atoms with E-state index >= 15 is 0 Å². The van der Waals surface area contributed by atoms with Gasteiger partial charge in [0.05, 0.1) is 0 Å². The number of aryl methyl sites for hydroxylation is 1. The van der Waals surface area contributed by atoms with Crippen LogP contribution in [0.1, 0.15) is 38.1 Å². The van der Waals surface area contributed by atoms with E-state index in [0.29, 0.717) is 0 Å². The lowest BCUT2D eigenvalue weighted by molar-refractivity contribution is 0.936. The number of allylic oxidation sites excluding steroid dienone is 2. The molecule has 0 aromatic carbocycles. The Balaban J connectivity index is 2.72. The van der Waals surface area contributed by atoms with Crippen LogP contribution in [0.25, 0.3) is 0 Å². The van der Waals surface area contributed by atoms with Crippen molar-refractivity contribution >= 4 is 0 Å². The van der Waals surface area contributed by atoms with Gasteiger partial charge in [-0.3, -0.25) is 4.98 Å². The zero-order chi connectivity index (χ0) is 10.4. The quantitative estimate of drug-likeness (QED) is 0.658. The van der Waals surface area contributed by atoms with Gasteiger partial charge in [0.15, 0.2) is 0 Å². The van der Waals surface area contributed by atoms with Crippen LogP contribution >= 0.6 is 0 Å². The molecule has 0 N–H and O–H groups in total. The largest absolute Gasteiger partial charge is 0.258 e. The predicted molar refractivity (Wildman–Crippen MR) is 61.3 cm³/mol. The van der Waals surface area contributed by atoms with Crippen molar-refractivity contribution in [1.82, 2.24) is 4.98 Å². The standard InChI is InChI=1S/C13H19N/c1-4-7-12(5-2)10-13-9-6-8-11(3)14-13/h6-9H,4-5,10H2,1-3H3/b12-7+. The van der Waals surface area contributed by atoms with Crippen molar-refractivity contribution in [3.05, 3.63) is 41.2 Å². The van der Waals surface area contributed by atoms with E-state index in [1.165, 1.54) is 11.3 Å². The molecule has 0 aliphatic carbocycles. The van der Waals surface area contributed by atoms with E-state index in [-0.39, 0.29) is 0 Å². The molecular weight excluding hydrogens is 170 g/mol. The van der Waals surface area contributed by atoms with Gasteiger partial charge in [-0.15, -0.1) is 0 Å². The number of pyridine rings is 1. The molecule has 1 aromatic rings. The fraction of sp³-hybridized carbons (Fsp3) is 0.462. The van der Waals surface area contributed by atoms with Crippen molar-refractivity contribution < 1.29 is 0 Å². The van der Waals surface area contributed by atoms with Crippen LogP contribution in [-0.2, 0) is 6.42 Å². The lowest BCUT2D eigenvalue weighted by Gasteiger charge is -2.04. The predicted octanol–water partition coefficient (Wildman–Crippen LogP) is 3.68. The van der Waals surface area contributed by atoms with Crippen LogP contribution in [0.4, 0.5) is 0 Å². The number of rotatable bonds is 4. The molecule has 0 unspecified atom stereocenters. The molecule has 0 saturated carbocycles. The van der Waals surface area contributed by atoms with Gasteiger partial charge in [-0.2, -0.15) is 0 Å². The zero-order valence-corrected chi connectivity index (χ0v) is 9.38. The van der Waals surface area contributed by atoms with Crippen LogP contribution in [-0.4, -0.2) is 4.98 Å². The van der Waals surface area contributed by atoms with Crippen molar-refractivity contribution in [2.24, 2.45) is 0 Å². The summed E-state index contributed by atoms with van der Waals surface area (Å²) in [5.41, 5.74) is 3.78. The van der Waals surface area contributed by atoms with Gasteiger partial charge in [0.2, 0.25) is 0 Å². The maximum atomic E-state index is 4.50. The normalized spacial score (nSPS) is 11.8. The molecule has 0 atom stereocenters. The Hall–Kier alpha value is -1.11. The van der Waals surface area contributed by atoms with E-state index in [4.69, 9.17) is 0 Å². The van der Waals surface area contributed by atoms with Gasteiger partial charge < -0.3 is 0 Å². The van der Waals surface area contributed by atoms with Crippen LogP contribution in [0.5, 0.6) is 0 Å². The molecule has 1 nitrogen and oxygen atoms in total. The van der Waals surface area contributed by atoms with Crippen molar-refractivity contribution in [3.63, 3.8) is 0 Å². The molecule has 0 bridgehead atoms. The summed E-state index contributed by atoms with van der Waals surface area (Å²) < 4.78 is 0. The van der Waals surface area contributed by atoms with Crippen LogP contribution in [0.15, 0.2) is 29.8 Å². The molecule has 0 amide bonds. The van der Waals surface area contributed by atoms with Gasteiger partial charge in [-0.05, 0) is 31.9 Å². The SMILES string of the molecule is CC/C=C(\CC)Cc1cccc(C)n1. The molecule has 0 fully saturated rings. The van der Waals surface area contributed by atoms with E-state index < -0.39 is 0 Å². The number of nitrogens with zero attached hydrogens (tertiary/aromatic N) is 1. The summed E-state index contributed by atoms with van der Waals surface area (Å²) in [5.74, 6) is 0. The Morgan fingerprint density at radius 3 is 2.71 bits per heavy atom. The highest BCUT2D eigenvalue weighted by Crippen LogP contribution is 2.10. The molecule has 0 radical (unpaired) electrons. The minimum Gasteiger partial charge on any atom is -0.258 e. The molecule has 1 rings (SSSR count). The summed E-state index contributed by atoms with van der Waals surface area (Å²) >= 11 is 0. The summed E-state index contributed by atoms with van der Waals surface area (Å²) in [6.45, 7) is 6.43. The van der Waals surface area contributed by atoms with Crippen LogP contribution in [0.3, 0.4) is 0 Å². The monoisotopic (exact) mass is 189 g/mol. The fourth-order valence-electron chi connectivity index (χ4n) is 1.56. The highest BCUT2D eigenvalue weighted by atomic mass is 14.7. The van der Waals surface area contributed by atoms with Gasteiger partial charge >= 0.3 is 0 Å². The van der Waals surface area contributed by atoms with Gasteiger partial charge in [0, 0.05) is 17.8 Å². The third kappa shape index (κ3) is 3.33. The first-order valence-electron chi connectivity index (χ1n) is 5.36. The van der Waals surface area contributed by atoms with Gasteiger partial charge in [-0.1, -0.05) is 31.6 Å². The first kappa shape index (κ1) is 11.0. The van der Waals surface area contributed by atoms with E-state index in [1.807, 2.05) is 13.0 Å². The average molecular weight is 189 g/mol. The van der Waals surface area contributed by atoms with Gasteiger partial charge in [0.1, 0.15) is 0 Å². The Morgan fingerprint density at radius 2 is 2.14 bits per heavy atom. The van der Waals surface area contributed by atoms with Crippen LogP contribution < -0.4 is 0 Å². The van der Waals surface area contributed by atoms with Crippen LogP contribution in [0, 0.1) is 6.92 Å². The maximum absolute atomic E-state index is 4.50. The number of hydrogen-bond donors (Lipinski definition) is 0. The van der Waals surface area contributed by atoms with Crippen molar-refractivity contribution in [2.45, 2.75) is 40.0 Å². The topological polar surface area (TPSA) is 12.9 Å². The summed E-state index contributed by atoms with van der Waals surface area (Å²) in [6, 6.07) is 6.22. The summed E-state index contributed by atoms with van der Waals surface area (Å²) in [4.78, 5) is 4.50. The Morgan fingerprint density at radius 1 is 1.36 bits per heavy atom. The maximum Gasteiger partial charge on any atom is 0.0447 e. The summed E-state index contributed by atoms with van der Waals surface area (Å²) in [5, 5.41) is 0. The Bertz CT molecular complexity index is 313. The molecule has 76 valence electrons. The highest BCUT2D eigenvalue weighted by molar-refractivity contribution is 5.17. The second-order valence-electron chi connectivity index (χ2n) is 3.57. The van der Waals surface area contributed by atoms with E-state index in [0.717, 1.165) is 25.0 Å². The van der Waals surface area contributed by atoms with Crippen molar-refractivity contribution in [3.8, 4) is 0 Å². The average Bonchev–Trinajstić information content (AvgIpc) is 2.17. The Labute approximate surface area is 86.9 Å². The van der Waals surface area contributed by atoms with Gasteiger partial charge in [-0.25, -0.2) is 0 Å². The molecule has 0 aliphatic rings. The molecule has 0 spiro atoms. The lowest BCUT2D eigenvalue weighted by Crippen LogP contribution is -1.94. The molecular formula is C13H19N. The highest BCUT2D eigenvalue weighted by Gasteiger charge is 1.98. The first-order chi connectivity index (χ1) is 6.76. The van der Waals surface area contributed by atoms with Crippen molar-refractivity contribution in [2.75, 3.05) is 0 Å². The third-order valence-electron chi connectivity index (χ3n) is 2.30. The smallest absolute Gasteiger partial charge is 0.0447 e. The summed E-state index contributed by atoms with van der Waals surface area (Å²) in [7, 11) is 0. The zero-order valence-electron chi connectivity index (χ0n) is 9.38. The molecule has 0 saturated heterocycles. The minimum absolute atomic E-state index is 1.01. The number of hydrogen-bond acceptors (Lipinski definition) is 1. The van der Waals surface area contributed by atoms with E-state index in [1.54, 1.807) is 0 Å². The Kier molecular flexibility index (Phi) is 4.37. The molecule has 14 heavy (non-hydrogen) atoms. The number of aromatic nitrogens is 1. The van der Waals surface area contributed by atoms with Gasteiger partial charge in [0.25, 0.3) is 0 Å². The van der Waals surface area contributed by atoms with Crippen molar-refractivity contribution in [1.29, 1.82) is 0 Å². The summed E-state index contributed by atoms with van der Waals surface area (Å²) in [6.07, 6.45) is 5.56. The molecule has 0 aliphatic heterocycles. The first-order valence-corrected chi connectivity index (χ1v) is 5.36. The lowest BCUT2D eigenvalue weighted by atomic mass is 10.1. The minimum atomic E-state index is 1.01. The molecule has 1 aromatic heterocycles. The molecule has 1 heterocycles. The second-order valence-corrected chi connectivity index (χ2v) is 3.57. The second kappa shape index (κ2) is 5.58.